The first-order chi connectivity index (χ1) is 10.4. The molecule has 106 valence electrons. The average molecular weight is 297 g/mol. The highest BCUT2D eigenvalue weighted by atomic mass is 32.1. The molecule has 0 amide bonds. The Labute approximate surface area is 126 Å². The molecule has 1 saturated carbocycles. The van der Waals surface area contributed by atoms with Crippen molar-refractivity contribution in [2.75, 3.05) is 11.9 Å². The van der Waals surface area contributed by atoms with Gasteiger partial charge in [0.1, 0.15) is 5.82 Å². The Morgan fingerprint density at radius 1 is 1.29 bits per heavy atom. The number of rotatable bonds is 5. The molecule has 1 fully saturated rings. The van der Waals surface area contributed by atoms with Gasteiger partial charge in [-0.2, -0.15) is 5.10 Å². The van der Waals surface area contributed by atoms with E-state index in [1.54, 1.807) is 22.2 Å². The van der Waals surface area contributed by atoms with Crippen LogP contribution in [-0.2, 0) is 0 Å². The van der Waals surface area contributed by atoms with E-state index >= 15 is 0 Å². The summed E-state index contributed by atoms with van der Waals surface area (Å²) in [6.45, 7) is 0.986. The van der Waals surface area contributed by atoms with Crippen LogP contribution >= 0.6 is 11.3 Å². The van der Waals surface area contributed by atoms with E-state index in [9.17, 15) is 0 Å². The molecule has 1 aliphatic carbocycles. The third kappa shape index (κ3) is 2.80. The second kappa shape index (κ2) is 5.29. The van der Waals surface area contributed by atoms with Crippen molar-refractivity contribution in [2.45, 2.75) is 12.8 Å². The maximum atomic E-state index is 4.63. The van der Waals surface area contributed by atoms with Crippen LogP contribution in [0.2, 0.25) is 0 Å². The van der Waals surface area contributed by atoms with Crippen molar-refractivity contribution >= 4 is 17.2 Å². The fourth-order valence-electron chi connectivity index (χ4n) is 2.13. The van der Waals surface area contributed by atoms with Gasteiger partial charge in [-0.05, 0) is 36.3 Å². The summed E-state index contributed by atoms with van der Waals surface area (Å²) >= 11 is 1.64. The summed E-state index contributed by atoms with van der Waals surface area (Å²) in [6, 6.07) is 7.90. The molecule has 1 aliphatic rings. The van der Waals surface area contributed by atoms with Crippen LogP contribution in [0.3, 0.4) is 0 Å². The van der Waals surface area contributed by atoms with Crippen molar-refractivity contribution in [1.82, 2.24) is 19.7 Å². The molecule has 0 spiro atoms. The standard InChI is InChI=1S/C15H15N5S/c1-3-12(21-8-1)15-18-13(16-10-11-4-5-11)9-14(19-15)20-7-2-6-17-20/h1-3,6-9,11H,4-5,10H2,(H,16,18,19). The number of nitrogens with zero attached hydrogens (tertiary/aromatic N) is 4. The smallest absolute Gasteiger partial charge is 0.173 e. The quantitative estimate of drug-likeness (QED) is 0.785. The summed E-state index contributed by atoms with van der Waals surface area (Å²) in [7, 11) is 0. The molecule has 3 aromatic rings. The lowest BCUT2D eigenvalue weighted by atomic mass is 10.4. The van der Waals surface area contributed by atoms with Crippen molar-refractivity contribution in [3.8, 4) is 16.5 Å². The van der Waals surface area contributed by atoms with Gasteiger partial charge in [0.2, 0.25) is 0 Å². The van der Waals surface area contributed by atoms with E-state index in [1.165, 1.54) is 12.8 Å². The molecule has 1 N–H and O–H groups in total. The first kappa shape index (κ1) is 12.5. The minimum Gasteiger partial charge on any atom is -0.370 e. The Bertz CT molecular complexity index is 664. The lowest BCUT2D eigenvalue weighted by Gasteiger charge is -2.09. The van der Waals surface area contributed by atoms with Crippen LogP contribution in [0.15, 0.2) is 42.0 Å². The zero-order chi connectivity index (χ0) is 14.1. The van der Waals surface area contributed by atoms with Crippen molar-refractivity contribution in [3.63, 3.8) is 0 Å². The Morgan fingerprint density at radius 2 is 2.24 bits per heavy atom. The van der Waals surface area contributed by atoms with E-state index in [1.807, 2.05) is 35.8 Å². The SMILES string of the molecule is c1csc(-c2nc(NCC3CC3)cc(-n3cccn3)n2)c1. The first-order valence-electron chi connectivity index (χ1n) is 7.05. The van der Waals surface area contributed by atoms with Crippen molar-refractivity contribution in [3.05, 3.63) is 42.0 Å². The van der Waals surface area contributed by atoms with Gasteiger partial charge in [-0.3, -0.25) is 0 Å². The van der Waals surface area contributed by atoms with E-state index in [2.05, 4.69) is 20.4 Å². The number of nitrogens with one attached hydrogen (secondary N) is 1. The summed E-state index contributed by atoms with van der Waals surface area (Å²) in [5.74, 6) is 3.21. The lowest BCUT2D eigenvalue weighted by Crippen LogP contribution is -2.08. The molecular formula is C15H15N5S. The molecule has 3 heterocycles. The molecule has 0 aliphatic heterocycles. The monoisotopic (exact) mass is 297 g/mol. The Kier molecular flexibility index (Phi) is 3.16. The van der Waals surface area contributed by atoms with Gasteiger partial charge < -0.3 is 5.32 Å². The van der Waals surface area contributed by atoms with Crippen LogP contribution in [-0.4, -0.2) is 26.3 Å². The predicted octanol–water partition coefficient (Wildman–Crippen LogP) is 3.21. The van der Waals surface area contributed by atoms with E-state index in [0.717, 1.165) is 34.8 Å². The maximum absolute atomic E-state index is 4.63. The normalized spacial score (nSPS) is 14.3. The molecule has 0 aromatic carbocycles. The number of hydrogen-bond acceptors (Lipinski definition) is 5. The zero-order valence-electron chi connectivity index (χ0n) is 11.4. The van der Waals surface area contributed by atoms with Gasteiger partial charge in [-0.15, -0.1) is 11.3 Å². The minimum atomic E-state index is 0.747. The van der Waals surface area contributed by atoms with E-state index in [0.29, 0.717) is 0 Å². The first-order valence-corrected chi connectivity index (χ1v) is 7.93. The molecule has 0 unspecified atom stereocenters. The summed E-state index contributed by atoms with van der Waals surface area (Å²) < 4.78 is 1.76. The number of anilines is 1. The molecular weight excluding hydrogens is 282 g/mol. The lowest BCUT2D eigenvalue weighted by molar-refractivity contribution is 0.837. The summed E-state index contributed by atoms with van der Waals surface area (Å²) in [6.07, 6.45) is 6.29. The fourth-order valence-corrected chi connectivity index (χ4v) is 2.79. The van der Waals surface area contributed by atoms with Crippen LogP contribution in [0, 0.1) is 5.92 Å². The minimum absolute atomic E-state index is 0.747. The number of thiophene rings is 1. The van der Waals surface area contributed by atoms with Gasteiger partial charge >= 0.3 is 0 Å². The molecule has 0 bridgehead atoms. The maximum Gasteiger partial charge on any atom is 0.173 e. The molecule has 21 heavy (non-hydrogen) atoms. The second-order valence-electron chi connectivity index (χ2n) is 5.19. The Balaban J connectivity index is 1.71. The molecule has 0 saturated heterocycles. The van der Waals surface area contributed by atoms with Crippen LogP contribution in [0.4, 0.5) is 5.82 Å². The highest BCUT2D eigenvalue weighted by molar-refractivity contribution is 7.13. The second-order valence-corrected chi connectivity index (χ2v) is 6.13. The van der Waals surface area contributed by atoms with Crippen molar-refractivity contribution in [1.29, 1.82) is 0 Å². The molecule has 5 nitrogen and oxygen atoms in total. The number of hydrogen-bond donors (Lipinski definition) is 1. The van der Waals surface area contributed by atoms with Gasteiger partial charge in [0.15, 0.2) is 11.6 Å². The van der Waals surface area contributed by atoms with E-state index < -0.39 is 0 Å². The third-order valence-electron chi connectivity index (χ3n) is 3.46. The van der Waals surface area contributed by atoms with Gasteiger partial charge in [-0.25, -0.2) is 14.6 Å². The van der Waals surface area contributed by atoms with Gasteiger partial charge in [0.05, 0.1) is 4.88 Å². The molecule has 4 rings (SSSR count). The highest BCUT2D eigenvalue weighted by Crippen LogP contribution is 2.29. The van der Waals surface area contributed by atoms with Crippen molar-refractivity contribution < 1.29 is 0 Å². The molecule has 6 heteroatoms. The third-order valence-corrected chi connectivity index (χ3v) is 4.33. The fraction of sp³-hybridized carbons (Fsp3) is 0.267. The zero-order valence-corrected chi connectivity index (χ0v) is 12.3. The highest BCUT2D eigenvalue weighted by Gasteiger charge is 2.21. The summed E-state index contributed by atoms with van der Waals surface area (Å²) in [5.41, 5.74) is 0. The largest absolute Gasteiger partial charge is 0.370 e. The summed E-state index contributed by atoms with van der Waals surface area (Å²) in [4.78, 5) is 10.3. The number of aromatic nitrogens is 4. The molecule has 0 radical (unpaired) electrons. The Hall–Kier alpha value is -2.21. The van der Waals surface area contributed by atoms with E-state index in [4.69, 9.17) is 0 Å². The topological polar surface area (TPSA) is 55.6 Å². The molecule has 3 aromatic heterocycles. The van der Waals surface area contributed by atoms with Gasteiger partial charge in [0.25, 0.3) is 0 Å². The van der Waals surface area contributed by atoms with Crippen LogP contribution in [0.1, 0.15) is 12.8 Å². The van der Waals surface area contributed by atoms with Gasteiger partial charge in [0, 0.05) is 25.0 Å². The van der Waals surface area contributed by atoms with Gasteiger partial charge in [-0.1, -0.05) is 6.07 Å². The molecule has 0 atom stereocenters. The van der Waals surface area contributed by atoms with E-state index in [-0.39, 0.29) is 0 Å². The Morgan fingerprint density at radius 3 is 2.95 bits per heavy atom. The summed E-state index contributed by atoms with van der Waals surface area (Å²) in [5, 5.41) is 9.72. The van der Waals surface area contributed by atoms with Crippen LogP contribution in [0.5, 0.6) is 0 Å². The van der Waals surface area contributed by atoms with Crippen LogP contribution in [0.25, 0.3) is 16.5 Å². The average Bonchev–Trinajstić information content (AvgIpc) is 2.99. The van der Waals surface area contributed by atoms with Crippen LogP contribution < -0.4 is 5.32 Å². The van der Waals surface area contributed by atoms with Crippen molar-refractivity contribution in [2.24, 2.45) is 5.92 Å². The predicted molar refractivity (Wildman–Crippen MR) is 83.7 cm³/mol.